The highest BCUT2D eigenvalue weighted by atomic mass is 31.1. The Labute approximate surface area is 174 Å². The van der Waals surface area contributed by atoms with Gasteiger partial charge in [-0.05, 0) is 59.1 Å². The zero-order valence-electron chi connectivity index (χ0n) is 17.4. The molecule has 0 N–H and O–H groups in total. The summed E-state index contributed by atoms with van der Waals surface area (Å²) < 4.78 is 18.5. The molecule has 0 saturated heterocycles. The Morgan fingerprint density at radius 3 is 2.00 bits per heavy atom. The predicted molar refractivity (Wildman–Crippen MR) is 122 cm³/mol. The number of ether oxygens (including phenoxy) is 3. The fraction of sp³-hybridized carbons (Fsp3) is 0.280. The van der Waals surface area contributed by atoms with E-state index in [2.05, 4.69) is 76.2 Å². The normalized spacial score (nSPS) is 15.3. The van der Waals surface area contributed by atoms with Gasteiger partial charge in [0.05, 0.1) is 17.8 Å². The van der Waals surface area contributed by atoms with Gasteiger partial charge in [0.15, 0.2) is 0 Å². The molecule has 0 radical (unpaired) electrons. The Hall–Kier alpha value is -2.51. The first-order valence-electron chi connectivity index (χ1n) is 10.1. The summed E-state index contributed by atoms with van der Waals surface area (Å²) in [6.07, 6.45) is 0.859. The maximum Gasteiger partial charge on any atom is 0.131 e. The van der Waals surface area contributed by atoms with Gasteiger partial charge < -0.3 is 14.2 Å². The molecule has 0 aromatic heterocycles. The summed E-state index contributed by atoms with van der Waals surface area (Å²) in [7, 11) is -0.599. The summed E-state index contributed by atoms with van der Waals surface area (Å²) in [5.41, 5.74) is 2.16. The maximum atomic E-state index is 6.21. The fourth-order valence-electron chi connectivity index (χ4n) is 3.61. The smallest absolute Gasteiger partial charge is 0.131 e. The standard InChI is InChI=1S/C25H27O3P/c1-17(2)27-21-13-9-14-22(28-18(3)4)24(21)20-12-8-15-23-25(20)29(16-26-23)19-10-6-5-7-11-19/h5-15,17-18H,16H2,1-4H3/t29-/m0/s1. The number of hydrogen-bond acceptors (Lipinski definition) is 3. The first-order chi connectivity index (χ1) is 14.0. The summed E-state index contributed by atoms with van der Waals surface area (Å²) in [5, 5.41) is 2.59. The van der Waals surface area contributed by atoms with Crippen LogP contribution in [0.4, 0.5) is 0 Å². The summed E-state index contributed by atoms with van der Waals surface area (Å²) >= 11 is 0. The summed E-state index contributed by atoms with van der Waals surface area (Å²) in [4.78, 5) is 0. The molecule has 1 aliphatic heterocycles. The number of hydrogen-bond donors (Lipinski definition) is 0. The van der Waals surface area contributed by atoms with Gasteiger partial charge in [-0.2, -0.15) is 0 Å². The molecule has 0 saturated carbocycles. The van der Waals surface area contributed by atoms with Crippen molar-refractivity contribution in [2.24, 2.45) is 0 Å². The minimum absolute atomic E-state index is 0.0756. The van der Waals surface area contributed by atoms with Gasteiger partial charge in [0.2, 0.25) is 0 Å². The van der Waals surface area contributed by atoms with Crippen molar-refractivity contribution >= 4 is 18.5 Å². The van der Waals surface area contributed by atoms with Crippen molar-refractivity contribution in [1.82, 2.24) is 0 Å². The summed E-state index contributed by atoms with van der Waals surface area (Å²) in [6.45, 7) is 8.20. The molecule has 0 spiro atoms. The van der Waals surface area contributed by atoms with Crippen LogP contribution in [0.25, 0.3) is 11.1 Å². The van der Waals surface area contributed by atoms with Gasteiger partial charge in [0, 0.05) is 10.9 Å². The van der Waals surface area contributed by atoms with Crippen molar-refractivity contribution in [3.8, 4) is 28.4 Å². The highest BCUT2D eigenvalue weighted by Crippen LogP contribution is 2.49. The fourth-order valence-corrected chi connectivity index (χ4v) is 5.83. The summed E-state index contributed by atoms with van der Waals surface area (Å²) in [5.74, 6) is 2.66. The Morgan fingerprint density at radius 1 is 0.759 bits per heavy atom. The quantitative estimate of drug-likeness (QED) is 0.491. The van der Waals surface area contributed by atoms with E-state index < -0.39 is 7.92 Å². The summed E-state index contributed by atoms with van der Waals surface area (Å²) in [6, 6.07) is 23.0. The average molecular weight is 406 g/mol. The minimum atomic E-state index is -0.599. The highest BCUT2D eigenvalue weighted by Gasteiger charge is 2.31. The second-order valence-corrected chi connectivity index (χ2v) is 9.73. The molecule has 150 valence electrons. The van der Waals surface area contributed by atoms with Crippen molar-refractivity contribution < 1.29 is 14.2 Å². The number of fused-ring (bicyclic) bond motifs is 1. The Morgan fingerprint density at radius 2 is 1.38 bits per heavy atom. The minimum Gasteiger partial charge on any atom is -0.490 e. The third-order valence-corrected chi connectivity index (χ3v) is 6.98. The second-order valence-electron chi connectivity index (χ2n) is 7.65. The van der Waals surface area contributed by atoms with Crippen LogP contribution >= 0.6 is 7.92 Å². The molecule has 1 aliphatic rings. The van der Waals surface area contributed by atoms with Crippen LogP contribution in [0.15, 0.2) is 66.7 Å². The highest BCUT2D eigenvalue weighted by molar-refractivity contribution is 7.73. The monoisotopic (exact) mass is 406 g/mol. The van der Waals surface area contributed by atoms with Crippen LogP contribution in [0.3, 0.4) is 0 Å². The molecule has 0 bridgehead atoms. The van der Waals surface area contributed by atoms with E-state index in [0.29, 0.717) is 6.35 Å². The lowest BCUT2D eigenvalue weighted by Gasteiger charge is -2.22. The van der Waals surface area contributed by atoms with E-state index in [-0.39, 0.29) is 12.2 Å². The van der Waals surface area contributed by atoms with Crippen LogP contribution in [0.5, 0.6) is 17.2 Å². The van der Waals surface area contributed by atoms with Gasteiger partial charge >= 0.3 is 0 Å². The van der Waals surface area contributed by atoms with Crippen LogP contribution in [0, 0.1) is 0 Å². The third kappa shape index (κ3) is 4.11. The first-order valence-corrected chi connectivity index (χ1v) is 11.6. The Balaban J connectivity index is 1.91. The molecule has 1 heterocycles. The molecule has 29 heavy (non-hydrogen) atoms. The largest absolute Gasteiger partial charge is 0.490 e. The molecular formula is C25H27O3P. The van der Waals surface area contributed by atoms with Crippen LogP contribution in [-0.2, 0) is 0 Å². The molecule has 4 heteroatoms. The van der Waals surface area contributed by atoms with E-state index in [1.54, 1.807) is 0 Å². The van der Waals surface area contributed by atoms with Gasteiger partial charge in [-0.15, -0.1) is 0 Å². The number of rotatable bonds is 6. The van der Waals surface area contributed by atoms with Crippen LogP contribution in [-0.4, -0.2) is 18.6 Å². The topological polar surface area (TPSA) is 27.7 Å². The Kier molecular flexibility index (Phi) is 5.78. The Bertz CT molecular complexity index is 954. The third-order valence-electron chi connectivity index (χ3n) is 4.67. The van der Waals surface area contributed by atoms with E-state index in [1.807, 2.05) is 18.2 Å². The lowest BCUT2D eigenvalue weighted by molar-refractivity contribution is 0.231. The molecule has 3 aromatic rings. The van der Waals surface area contributed by atoms with E-state index in [1.165, 1.54) is 10.6 Å². The molecule has 0 unspecified atom stereocenters. The zero-order chi connectivity index (χ0) is 20.4. The molecule has 0 amide bonds. The van der Waals surface area contributed by atoms with Gasteiger partial charge in [0.25, 0.3) is 0 Å². The van der Waals surface area contributed by atoms with E-state index in [9.17, 15) is 0 Å². The molecule has 3 nitrogen and oxygen atoms in total. The van der Waals surface area contributed by atoms with Crippen molar-refractivity contribution in [2.75, 3.05) is 6.35 Å². The van der Waals surface area contributed by atoms with Crippen molar-refractivity contribution in [2.45, 2.75) is 39.9 Å². The first kappa shape index (κ1) is 19.8. The molecular weight excluding hydrogens is 379 g/mol. The van der Waals surface area contributed by atoms with Crippen LogP contribution in [0.2, 0.25) is 0 Å². The van der Waals surface area contributed by atoms with E-state index >= 15 is 0 Å². The molecule has 4 rings (SSSR count). The van der Waals surface area contributed by atoms with Gasteiger partial charge in [-0.25, -0.2) is 0 Å². The van der Waals surface area contributed by atoms with Gasteiger partial charge in [0.1, 0.15) is 23.6 Å². The van der Waals surface area contributed by atoms with Gasteiger partial charge in [-0.1, -0.05) is 48.5 Å². The molecule has 3 aromatic carbocycles. The van der Waals surface area contributed by atoms with Crippen molar-refractivity contribution in [3.05, 3.63) is 66.7 Å². The van der Waals surface area contributed by atoms with Crippen molar-refractivity contribution in [3.63, 3.8) is 0 Å². The molecule has 0 fully saturated rings. The second kappa shape index (κ2) is 8.47. The van der Waals surface area contributed by atoms with E-state index in [0.717, 1.165) is 28.4 Å². The van der Waals surface area contributed by atoms with Gasteiger partial charge in [-0.3, -0.25) is 0 Å². The molecule has 1 atom stereocenters. The lowest BCUT2D eigenvalue weighted by atomic mass is 10.0. The number of benzene rings is 3. The lowest BCUT2D eigenvalue weighted by Crippen LogP contribution is -2.14. The predicted octanol–water partition coefficient (Wildman–Crippen LogP) is 5.71. The van der Waals surface area contributed by atoms with Crippen molar-refractivity contribution in [1.29, 1.82) is 0 Å². The molecule has 0 aliphatic carbocycles. The average Bonchev–Trinajstić information content (AvgIpc) is 3.12. The SMILES string of the molecule is CC(C)Oc1cccc(OC(C)C)c1-c1cccc2c1[P@](c1ccccc1)CO2. The van der Waals surface area contributed by atoms with E-state index in [4.69, 9.17) is 14.2 Å². The zero-order valence-corrected chi connectivity index (χ0v) is 18.3. The van der Waals surface area contributed by atoms with Crippen LogP contribution in [0.1, 0.15) is 27.7 Å². The van der Waals surface area contributed by atoms with Crippen LogP contribution < -0.4 is 24.8 Å². The maximum absolute atomic E-state index is 6.21.